The normalized spacial score (nSPS) is 10.1. The number of hydrogen-bond acceptors (Lipinski definition) is 6. The molecule has 0 bridgehead atoms. The zero-order chi connectivity index (χ0) is 14.6. The minimum Gasteiger partial charge on any atom is -0.462 e. The van der Waals surface area contributed by atoms with E-state index < -0.39 is 39.8 Å². The van der Waals surface area contributed by atoms with Crippen LogP contribution in [0.25, 0.3) is 0 Å². The summed E-state index contributed by atoms with van der Waals surface area (Å²) in [5.74, 6) is -1.15. The molecule has 0 atom stereocenters. The predicted molar refractivity (Wildman–Crippen MR) is 56.5 cm³/mol. The lowest BCUT2D eigenvalue weighted by Gasteiger charge is -2.08. The highest BCUT2D eigenvalue weighted by atomic mass is 19.3. The summed E-state index contributed by atoms with van der Waals surface area (Å²) in [7, 11) is 0. The maximum absolute atomic E-state index is 12.9. The Morgan fingerprint density at radius 1 is 1.68 bits per heavy atom. The molecule has 0 radical (unpaired) electrons. The molecular formula is C10H7F2N3O4. The second-order valence-corrected chi connectivity index (χ2v) is 3.17. The summed E-state index contributed by atoms with van der Waals surface area (Å²) in [6.45, 7) is 1.36. The number of aromatic nitrogens is 1. The van der Waals surface area contributed by atoms with Gasteiger partial charge >= 0.3 is 11.7 Å². The molecule has 0 unspecified atom stereocenters. The number of carbonyl (C=O) groups excluding carboxylic acids is 1. The molecule has 1 aromatic rings. The van der Waals surface area contributed by atoms with Crippen LogP contribution < -0.4 is 0 Å². The van der Waals surface area contributed by atoms with Gasteiger partial charge in [-0.15, -0.1) is 0 Å². The lowest BCUT2D eigenvalue weighted by Crippen LogP contribution is -2.13. The molecule has 9 heteroatoms. The fourth-order valence-electron chi connectivity index (χ4n) is 1.37. The quantitative estimate of drug-likeness (QED) is 0.470. The van der Waals surface area contributed by atoms with Crippen LogP contribution in [0.2, 0.25) is 0 Å². The molecule has 1 aromatic heterocycles. The van der Waals surface area contributed by atoms with Crippen LogP contribution in [0.4, 0.5) is 14.5 Å². The van der Waals surface area contributed by atoms with Crippen LogP contribution in [-0.4, -0.2) is 22.5 Å². The fourth-order valence-corrected chi connectivity index (χ4v) is 1.37. The molecule has 0 aliphatic heterocycles. The van der Waals surface area contributed by atoms with Crippen molar-refractivity contribution in [3.63, 3.8) is 0 Å². The average Bonchev–Trinajstić information content (AvgIpc) is 2.36. The molecule has 0 amide bonds. The van der Waals surface area contributed by atoms with E-state index in [0.29, 0.717) is 6.20 Å². The Labute approximate surface area is 105 Å². The van der Waals surface area contributed by atoms with Gasteiger partial charge in [0.25, 0.3) is 6.43 Å². The van der Waals surface area contributed by atoms with E-state index in [1.54, 1.807) is 0 Å². The first-order valence-corrected chi connectivity index (χ1v) is 4.96. The van der Waals surface area contributed by atoms with E-state index in [4.69, 9.17) is 5.26 Å². The van der Waals surface area contributed by atoms with Crippen molar-refractivity contribution in [2.24, 2.45) is 0 Å². The van der Waals surface area contributed by atoms with E-state index in [9.17, 15) is 23.7 Å². The van der Waals surface area contributed by atoms with E-state index in [-0.39, 0.29) is 6.61 Å². The highest BCUT2D eigenvalue weighted by Crippen LogP contribution is 2.33. The predicted octanol–water partition coefficient (Wildman–Crippen LogP) is 1.98. The van der Waals surface area contributed by atoms with Crippen LogP contribution in [-0.2, 0) is 4.74 Å². The van der Waals surface area contributed by atoms with Crippen LogP contribution in [0, 0.1) is 21.4 Å². The van der Waals surface area contributed by atoms with Gasteiger partial charge < -0.3 is 4.74 Å². The number of nitriles is 1. The lowest BCUT2D eigenvalue weighted by atomic mass is 10.1. The second kappa shape index (κ2) is 5.81. The Bertz CT molecular complexity index is 569. The van der Waals surface area contributed by atoms with Gasteiger partial charge in [-0.2, -0.15) is 5.26 Å². The summed E-state index contributed by atoms with van der Waals surface area (Å²) in [5, 5.41) is 19.4. The number of esters is 1. The third-order valence-electron chi connectivity index (χ3n) is 2.09. The van der Waals surface area contributed by atoms with Gasteiger partial charge in [0.15, 0.2) is 0 Å². The van der Waals surface area contributed by atoms with Gasteiger partial charge in [0, 0.05) is 6.20 Å². The van der Waals surface area contributed by atoms with Crippen molar-refractivity contribution in [1.82, 2.24) is 4.98 Å². The summed E-state index contributed by atoms with van der Waals surface area (Å²) in [5.41, 5.74) is -3.84. The molecule has 100 valence electrons. The summed E-state index contributed by atoms with van der Waals surface area (Å²) < 4.78 is 30.3. The summed E-state index contributed by atoms with van der Waals surface area (Å²) in [6, 6.07) is 1.33. The van der Waals surface area contributed by atoms with Crippen molar-refractivity contribution in [1.29, 1.82) is 5.26 Å². The first-order chi connectivity index (χ1) is 8.93. The summed E-state index contributed by atoms with van der Waals surface area (Å²) in [4.78, 5) is 24.4. The van der Waals surface area contributed by atoms with Gasteiger partial charge in [-0.05, 0) is 6.92 Å². The number of alkyl halides is 2. The number of rotatable bonds is 4. The second-order valence-electron chi connectivity index (χ2n) is 3.17. The third kappa shape index (κ3) is 2.79. The summed E-state index contributed by atoms with van der Waals surface area (Å²) in [6.07, 6.45) is -2.64. The van der Waals surface area contributed by atoms with E-state index in [0.717, 1.165) is 0 Å². The molecule has 7 nitrogen and oxygen atoms in total. The Kier molecular flexibility index (Phi) is 4.41. The van der Waals surface area contributed by atoms with Crippen molar-refractivity contribution in [3.8, 4) is 6.07 Å². The standard InChI is InChI=1S/C10H7F2N3O4/c1-2-19-10(16)5-4-14-6(3-13)8(15(17)18)7(5)9(11)12/h4,9H,2H2,1H3. The number of ether oxygens (including phenoxy) is 1. The smallest absolute Gasteiger partial charge is 0.340 e. The Morgan fingerprint density at radius 3 is 2.74 bits per heavy atom. The van der Waals surface area contributed by atoms with Gasteiger partial charge in [0.05, 0.1) is 17.1 Å². The van der Waals surface area contributed by atoms with Gasteiger partial charge in [-0.3, -0.25) is 10.1 Å². The van der Waals surface area contributed by atoms with E-state index in [1.807, 2.05) is 0 Å². The van der Waals surface area contributed by atoms with Crippen molar-refractivity contribution in [2.45, 2.75) is 13.3 Å². The van der Waals surface area contributed by atoms with Crippen LogP contribution in [0.15, 0.2) is 6.20 Å². The minimum absolute atomic E-state index is 0.0880. The molecule has 0 aromatic carbocycles. The van der Waals surface area contributed by atoms with E-state index >= 15 is 0 Å². The zero-order valence-electron chi connectivity index (χ0n) is 9.59. The average molecular weight is 271 g/mol. The number of nitro groups is 1. The zero-order valence-corrected chi connectivity index (χ0v) is 9.59. The Balaban J connectivity index is 3.59. The third-order valence-corrected chi connectivity index (χ3v) is 2.09. The van der Waals surface area contributed by atoms with E-state index in [2.05, 4.69) is 9.72 Å². The van der Waals surface area contributed by atoms with Crippen LogP contribution >= 0.6 is 0 Å². The molecule has 0 fully saturated rings. The topological polar surface area (TPSA) is 106 Å². The molecule has 0 aliphatic carbocycles. The number of halogens is 2. The summed E-state index contributed by atoms with van der Waals surface area (Å²) >= 11 is 0. The van der Waals surface area contributed by atoms with Gasteiger partial charge in [0.2, 0.25) is 5.69 Å². The first kappa shape index (κ1) is 14.4. The van der Waals surface area contributed by atoms with Crippen LogP contribution in [0.3, 0.4) is 0 Å². The lowest BCUT2D eigenvalue weighted by molar-refractivity contribution is -0.386. The Morgan fingerprint density at radius 2 is 2.32 bits per heavy atom. The largest absolute Gasteiger partial charge is 0.462 e. The number of carbonyl (C=O) groups is 1. The minimum atomic E-state index is -3.31. The van der Waals surface area contributed by atoms with Crippen LogP contribution in [0.1, 0.15) is 35.0 Å². The highest BCUT2D eigenvalue weighted by molar-refractivity contribution is 5.92. The Hall–Kier alpha value is -2.63. The number of nitrogens with zero attached hydrogens (tertiary/aromatic N) is 3. The molecule has 0 saturated carbocycles. The molecule has 0 saturated heterocycles. The van der Waals surface area contributed by atoms with Gasteiger partial charge in [-0.1, -0.05) is 0 Å². The first-order valence-electron chi connectivity index (χ1n) is 4.96. The number of pyridine rings is 1. The van der Waals surface area contributed by atoms with Crippen molar-refractivity contribution < 1.29 is 23.2 Å². The molecule has 0 aliphatic rings. The van der Waals surface area contributed by atoms with Crippen molar-refractivity contribution in [3.05, 3.63) is 33.1 Å². The molecule has 1 heterocycles. The maximum Gasteiger partial charge on any atom is 0.340 e. The van der Waals surface area contributed by atoms with E-state index in [1.165, 1.54) is 13.0 Å². The van der Waals surface area contributed by atoms with Crippen molar-refractivity contribution >= 4 is 11.7 Å². The molecule has 1 rings (SSSR count). The molecule has 19 heavy (non-hydrogen) atoms. The SMILES string of the molecule is CCOC(=O)c1cnc(C#N)c([N+](=O)[O-])c1C(F)F. The van der Waals surface area contributed by atoms with Gasteiger partial charge in [0.1, 0.15) is 11.6 Å². The van der Waals surface area contributed by atoms with Crippen LogP contribution in [0.5, 0.6) is 0 Å². The monoisotopic (exact) mass is 271 g/mol. The maximum atomic E-state index is 12.9. The van der Waals surface area contributed by atoms with Crippen molar-refractivity contribution in [2.75, 3.05) is 6.61 Å². The number of hydrogen-bond donors (Lipinski definition) is 0. The molecule has 0 N–H and O–H groups in total. The molecular weight excluding hydrogens is 264 g/mol. The molecule has 0 spiro atoms. The van der Waals surface area contributed by atoms with Gasteiger partial charge in [-0.25, -0.2) is 18.6 Å². The highest BCUT2D eigenvalue weighted by Gasteiger charge is 2.33. The fraction of sp³-hybridized carbons (Fsp3) is 0.300.